The molecule has 0 aliphatic rings. The molecule has 6 atom stereocenters. The van der Waals surface area contributed by atoms with Crippen LogP contribution in [0.2, 0.25) is 0 Å². The van der Waals surface area contributed by atoms with Crippen LogP contribution in [0.1, 0.15) is 61.0 Å². The van der Waals surface area contributed by atoms with Crippen LogP contribution in [0.15, 0.2) is 40.2 Å². The van der Waals surface area contributed by atoms with Crippen molar-refractivity contribution in [2.45, 2.75) is 87.7 Å². The quantitative estimate of drug-likeness (QED) is 0.0128. The van der Waals surface area contributed by atoms with Crippen LogP contribution in [-0.2, 0) is 54.5 Å². The maximum atomic E-state index is 13.7. The Morgan fingerprint density at radius 2 is 1.16 bits per heavy atom. The van der Waals surface area contributed by atoms with E-state index in [0.717, 1.165) is 0 Å². The van der Waals surface area contributed by atoms with E-state index in [1.807, 2.05) is 10.6 Å². The highest BCUT2D eigenvalue weighted by atomic mass is 32.1. The van der Waals surface area contributed by atoms with Crippen molar-refractivity contribution < 1.29 is 78.3 Å². The van der Waals surface area contributed by atoms with Crippen molar-refractivity contribution in [2.24, 2.45) is 16.5 Å². The van der Waals surface area contributed by atoms with Gasteiger partial charge in [-0.25, -0.2) is 19.6 Å². The van der Waals surface area contributed by atoms with Crippen molar-refractivity contribution >= 4 is 107 Å². The molecule has 0 aliphatic carbocycles. The average molecular weight is 1050 g/mol. The number of nitrogens with zero attached hydrogens (tertiary/aromatic N) is 4. The molecule has 3 aromatic rings. The van der Waals surface area contributed by atoms with Crippen molar-refractivity contribution in [2.75, 3.05) is 23.3 Å². The smallest absolute Gasteiger partial charge is 0.327 e. The summed E-state index contributed by atoms with van der Waals surface area (Å²) in [6.45, 7) is -0.0811. The third-order valence-electron chi connectivity index (χ3n) is 9.80. The second kappa shape index (κ2) is 27.9. The van der Waals surface area contributed by atoms with Gasteiger partial charge in [-0.05, 0) is 43.5 Å². The molecular weight excluding hydrogens is 995 g/mol. The predicted octanol–water partition coefficient (Wildman–Crippen LogP) is -5.21. The molecule has 33 heteroatoms. The highest BCUT2D eigenvalue weighted by Gasteiger charge is 2.35. The molecule has 73 heavy (non-hydrogen) atoms. The molecule has 0 bridgehead atoms. The number of anilines is 2. The Morgan fingerprint density at radius 3 is 1.67 bits per heavy atom. The molecule has 1 aromatic carbocycles. The molecule has 0 radical (unpaired) electrons. The van der Waals surface area contributed by atoms with Crippen molar-refractivity contribution in [1.82, 2.24) is 51.8 Å². The van der Waals surface area contributed by atoms with E-state index in [1.165, 1.54) is 30.5 Å². The number of aliphatic carboxylic acids is 5. The molecule has 3 rings (SSSR count). The number of nitrogen functional groups attached to an aromatic ring is 1. The van der Waals surface area contributed by atoms with Crippen molar-refractivity contribution in [3.05, 3.63) is 52.1 Å². The largest absolute Gasteiger partial charge is 0.481 e. The Balaban J connectivity index is 1.71. The monoisotopic (exact) mass is 1050 g/mol. The van der Waals surface area contributed by atoms with Gasteiger partial charge in [0.05, 0.1) is 37.7 Å². The number of hydrogen-bond acceptors (Lipinski definition) is 19. The first kappa shape index (κ1) is 58.1. The number of amides is 6. The lowest BCUT2D eigenvalue weighted by Crippen LogP contribution is -2.59. The molecule has 394 valence electrons. The number of aromatic amines is 1. The fourth-order valence-electron chi connectivity index (χ4n) is 6.23. The van der Waals surface area contributed by atoms with Gasteiger partial charge in [0.1, 0.15) is 36.3 Å². The first-order valence-corrected chi connectivity index (χ1v) is 21.9. The van der Waals surface area contributed by atoms with E-state index in [4.69, 9.17) is 17.2 Å². The molecule has 0 spiro atoms. The second-order valence-electron chi connectivity index (χ2n) is 15.4. The second-order valence-corrected chi connectivity index (χ2v) is 15.8. The van der Waals surface area contributed by atoms with Gasteiger partial charge in [0.2, 0.25) is 35.5 Å². The Kier molecular flexibility index (Phi) is 22.2. The van der Waals surface area contributed by atoms with Gasteiger partial charge in [-0.15, -0.1) is 0 Å². The van der Waals surface area contributed by atoms with Gasteiger partial charge in [0.15, 0.2) is 17.1 Å². The first-order chi connectivity index (χ1) is 34.4. The van der Waals surface area contributed by atoms with Gasteiger partial charge in [0.25, 0.3) is 11.5 Å². The number of carbonyl (C=O) groups is 11. The zero-order chi connectivity index (χ0) is 54.5. The minimum absolute atomic E-state index is 0.00249. The highest BCUT2D eigenvalue weighted by Crippen LogP contribution is 2.13. The number of nitrogens with two attached hydrogens (primary N) is 3. The molecule has 0 aliphatic heterocycles. The van der Waals surface area contributed by atoms with Crippen molar-refractivity contribution in [3.8, 4) is 0 Å². The summed E-state index contributed by atoms with van der Waals surface area (Å²) in [4.78, 5) is 169. The number of carbonyl (C=O) groups excluding carboxylic acids is 6. The minimum Gasteiger partial charge on any atom is -0.481 e. The van der Waals surface area contributed by atoms with Gasteiger partial charge in [-0.1, -0.05) is 0 Å². The number of nitrogens with one attached hydrogen (secondary N) is 8. The van der Waals surface area contributed by atoms with Crippen LogP contribution >= 0.6 is 12.6 Å². The first-order valence-electron chi connectivity index (χ1n) is 21.3. The van der Waals surface area contributed by atoms with E-state index in [1.54, 1.807) is 0 Å². The number of hydrogen-bond donors (Lipinski definition) is 17. The standard InChI is InChI=1S/C40H51N15O17S/c41-39(42)44-9-1-2-19(32(64)51-22(11-27(59)60)34(66)52-23(12-28(61)62)35(67)53-24(15-73)38(71)72)49-33(65)21(10-26(57)58)48-25(56)8-7-20(37(69)70)50-31(63)16-3-5-17(6-4-16)45-13-18-14-46-30-29(47-18)36(68)55-40(43)54-30/h3-6,14,19-24,45,73H,1-2,7-13,15H2,(H,48,56)(H,49,65)(H,50,63)(H,51,64)(H,52,66)(H,53,67)(H,57,58)(H,59,60)(H,61,62)(H,69,70)(H,71,72)(H4,41,42,44)(H3,43,46,54,55,68)/t19?,20-,21-,22-,23-,24-/m0/s1. The molecule has 2 heterocycles. The molecule has 32 nitrogen and oxygen atoms in total. The van der Waals surface area contributed by atoms with E-state index in [2.05, 4.69) is 64.1 Å². The van der Waals surface area contributed by atoms with E-state index in [0.29, 0.717) is 11.4 Å². The van der Waals surface area contributed by atoms with Crippen LogP contribution in [0.5, 0.6) is 0 Å². The van der Waals surface area contributed by atoms with Crippen LogP contribution in [0.25, 0.3) is 11.2 Å². The van der Waals surface area contributed by atoms with E-state index in [9.17, 15) is 83.1 Å². The SMILES string of the molecule is NC(N)=NCCCC(NC(=O)[C@H](CC(=O)O)NC(=O)CC[C@H](NC(=O)c1ccc(NCc2cnc3nc(N)[nH]c(=O)c3n2)cc1)C(=O)O)C(=O)N[C@@H](CC(=O)O)C(=O)N[C@@H](CC(=O)O)C(=O)N[C@@H](CS)C(=O)O. The van der Waals surface area contributed by atoms with E-state index < -0.39 is 151 Å². The number of carboxylic acid groups (broad SMARTS) is 5. The van der Waals surface area contributed by atoms with Gasteiger partial charge < -0.3 is 80.0 Å². The van der Waals surface area contributed by atoms with Crippen molar-refractivity contribution in [1.29, 1.82) is 0 Å². The number of H-pyrrole nitrogens is 1. The Hall–Kier alpha value is -9.17. The molecule has 1 unspecified atom stereocenters. The summed E-state index contributed by atoms with van der Waals surface area (Å²) in [6.07, 6.45) is -3.88. The Bertz CT molecular complexity index is 2670. The van der Waals surface area contributed by atoms with Crippen LogP contribution < -0.4 is 60.0 Å². The number of aromatic nitrogens is 4. The fourth-order valence-corrected chi connectivity index (χ4v) is 6.48. The average Bonchev–Trinajstić information content (AvgIpc) is 3.30. The maximum Gasteiger partial charge on any atom is 0.327 e. The zero-order valence-electron chi connectivity index (χ0n) is 38.0. The van der Waals surface area contributed by atoms with Crippen LogP contribution in [0.3, 0.4) is 0 Å². The number of guanidine groups is 1. The molecule has 0 fully saturated rings. The number of aliphatic imine (C=N–C) groups is 1. The van der Waals surface area contributed by atoms with Gasteiger partial charge in [-0.3, -0.25) is 57.9 Å². The number of rotatable bonds is 30. The van der Waals surface area contributed by atoms with Crippen LogP contribution in [-0.4, -0.2) is 165 Å². The van der Waals surface area contributed by atoms with Gasteiger partial charge in [-0.2, -0.15) is 17.6 Å². The lowest BCUT2D eigenvalue weighted by molar-refractivity contribution is -0.144. The van der Waals surface area contributed by atoms with Crippen LogP contribution in [0, 0.1) is 0 Å². The normalized spacial score (nSPS) is 13.2. The minimum atomic E-state index is -2.10. The number of carboxylic acids is 5. The van der Waals surface area contributed by atoms with E-state index >= 15 is 0 Å². The molecular formula is C40H51N15O17S. The number of thiol groups is 1. The lowest BCUT2D eigenvalue weighted by Gasteiger charge is -2.26. The fraction of sp³-hybridized carbons (Fsp3) is 0.400. The highest BCUT2D eigenvalue weighted by molar-refractivity contribution is 7.80. The third-order valence-corrected chi connectivity index (χ3v) is 10.2. The van der Waals surface area contributed by atoms with Gasteiger partial charge >= 0.3 is 29.8 Å². The summed E-state index contributed by atoms with van der Waals surface area (Å²) in [5.74, 6) is -16.5. The Morgan fingerprint density at radius 1 is 0.658 bits per heavy atom. The van der Waals surface area contributed by atoms with Gasteiger partial charge in [0, 0.05) is 30.0 Å². The summed E-state index contributed by atoms with van der Waals surface area (Å²) in [6, 6.07) is -5.53. The predicted molar refractivity (Wildman–Crippen MR) is 252 cm³/mol. The topological polar surface area (TPSA) is 535 Å². The molecule has 2 aromatic heterocycles. The summed E-state index contributed by atoms with van der Waals surface area (Å²) in [5, 5.41) is 63.1. The molecule has 6 amide bonds. The van der Waals surface area contributed by atoms with Crippen molar-refractivity contribution in [3.63, 3.8) is 0 Å². The molecule has 0 saturated heterocycles. The lowest BCUT2D eigenvalue weighted by atomic mass is 10.1. The summed E-state index contributed by atoms with van der Waals surface area (Å²) in [7, 11) is 0. The molecule has 0 saturated carbocycles. The number of fused-ring (bicyclic) bond motifs is 1. The maximum absolute atomic E-state index is 13.7. The van der Waals surface area contributed by atoms with Crippen LogP contribution in [0.4, 0.5) is 11.6 Å². The summed E-state index contributed by atoms with van der Waals surface area (Å²) >= 11 is 3.78. The molecule has 19 N–H and O–H groups in total. The number of benzene rings is 1. The van der Waals surface area contributed by atoms with E-state index in [-0.39, 0.29) is 48.1 Å². The summed E-state index contributed by atoms with van der Waals surface area (Å²) < 4.78 is 0. The summed E-state index contributed by atoms with van der Waals surface area (Å²) in [5.41, 5.74) is 16.4. The zero-order valence-corrected chi connectivity index (χ0v) is 38.9. The third kappa shape index (κ3) is 19.6. The Labute approximate surface area is 415 Å².